The van der Waals surface area contributed by atoms with Crippen LogP contribution in [-0.4, -0.2) is 30.5 Å². The number of amides is 2. The molecule has 2 N–H and O–H groups in total. The van der Waals surface area contributed by atoms with Gasteiger partial charge in [-0.25, -0.2) is 14.3 Å². The number of fused-ring (bicyclic) bond motifs is 1. The number of carbonyl (C=O) groups is 2. The fourth-order valence-electron chi connectivity index (χ4n) is 3.54. The van der Waals surface area contributed by atoms with E-state index in [1.54, 1.807) is 16.7 Å². The molecule has 0 unspecified atom stereocenters. The van der Waals surface area contributed by atoms with Crippen LogP contribution in [-0.2, 0) is 24.4 Å². The molecule has 0 saturated heterocycles. The fraction of sp³-hybridized carbons (Fsp3) is 0.174. The average molecular weight is 481 g/mol. The number of rotatable bonds is 6. The van der Waals surface area contributed by atoms with E-state index in [9.17, 15) is 19.2 Å². The van der Waals surface area contributed by atoms with Crippen LogP contribution in [0.2, 0.25) is 5.02 Å². The lowest BCUT2D eigenvalue weighted by Crippen LogP contribution is -2.48. The van der Waals surface area contributed by atoms with Crippen molar-refractivity contribution in [1.82, 2.24) is 29.5 Å². The van der Waals surface area contributed by atoms with Crippen LogP contribution in [0.5, 0.6) is 0 Å². The molecule has 0 spiro atoms. The van der Waals surface area contributed by atoms with Crippen molar-refractivity contribution in [3.63, 3.8) is 0 Å². The van der Waals surface area contributed by atoms with E-state index in [2.05, 4.69) is 15.8 Å². The van der Waals surface area contributed by atoms with Gasteiger partial charge >= 0.3 is 5.69 Å². The van der Waals surface area contributed by atoms with Crippen LogP contribution in [0.15, 0.2) is 70.5 Å². The third-order valence-electron chi connectivity index (χ3n) is 5.21. The van der Waals surface area contributed by atoms with Crippen LogP contribution in [0, 0.1) is 0 Å². The first kappa shape index (κ1) is 23.0. The number of aryl methyl sites for hydroxylation is 1. The Morgan fingerprint density at radius 1 is 1.00 bits per heavy atom. The largest absolute Gasteiger partial charge is 0.333 e. The molecular formula is C23H21ClN6O4. The van der Waals surface area contributed by atoms with Crippen molar-refractivity contribution in [3.05, 3.63) is 97.9 Å². The molecule has 174 valence electrons. The van der Waals surface area contributed by atoms with E-state index in [4.69, 9.17) is 11.6 Å². The molecule has 0 saturated carbocycles. The molecule has 0 fully saturated rings. The van der Waals surface area contributed by atoms with E-state index in [1.165, 1.54) is 23.0 Å². The third-order valence-corrected chi connectivity index (χ3v) is 5.45. The molecule has 11 heteroatoms. The summed E-state index contributed by atoms with van der Waals surface area (Å²) < 4.78 is 3.81. The summed E-state index contributed by atoms with van der Waals surface area (Å²) in [6.07, 6.45) is 1.49. The van der Waals surface area contributed by atoms with Gasteiger partial charge in [-0.1, -0.05) is 48.0 Å². The Hall–Kier alpha value is -4.18. The number of nitrogens with zero attached hydrogens (tertiary/aromatic N) is 4. The molecule has 2 aromatic carbocycles. The molecule has 0 aliphatic rings. The molecule has 0 aliphatic carbocycles. The first-order chi connectivity index (χ1) is 16.4. The van der Waals surface area contributed by atoms with Crippen LogP contribution in [0.1, 0.15) is 22.8 Å². The summed E-state index contributed by atoms with van der Waals surface area (Å²) >= 11 is 5.88. The topological polar surface area (TPSA) is 120 Å². The van der Waals surface area contributed by atoms with Crippen molar-refractivity contribution in [1.29, 1.82) is 0 Å². The van der Waals surface area contributed by atoms with Gasteiger partial charge < -0.3 is 4.57 Å². The highest BCUT2D eigenvalue weighted by Crippen LogP contribution is 2.11. The number of carbonyl (C=O) groups excluding carboxylic acids is 2. The maximum atomic E-state index is 13.2. The first-order valence-corrected chi connectivity index (χ1v) is 10.8. The van der Waals surface area contributed by atoms with Crippen molar-refractivity contribution < 1.29 is 9.59 Å². The second kappa shape index (κ2) is 9.75. The summed E-state index contributed by atoms with van der Waals surface area (Å²) in [5.74, 6) is -1.34. The Bertz CT molecular complexity index is 1490. The highest BCUT2D eigenvalue weighted by atomic mass is 35.5. The molecule has 0 radical (unpaired) electrons. The molecule has 2 heterocycles. The summed E-state index contributed by atoms with van der Waals surface area (Å²) in [5.41, 5.74) is 4.70. The minimum atomic E-state index is -0.747. The van der Waals surface area contributed by atoms with Gasteiger partial charge in [0.25, 0.3) is 17.4 Å². The zero-order valence-corrected chi connectivity index (χ0v) is 19.0. The maximum absolute atomic E-state index is 13.2. The average Bonchev–Trinajstić information content (AvgIpc) is 3.28. The predicted molar refractivity (Wildman–Crippen MR) is 127 cm³/mol. The second-order valence-electron chi connectivity index (χ2n) is 7.46. The smallest absolute Gasteiger partial charge is 0.325 e. The van der Waals surface area contributed by atoms with E-state index in [-0.39, 0.29) is 23.3 Å². The molecule has 4 rings (SSSR count). The summed E-state index contributed by atoms with van der Waals surface area (Å²) in [4.78, 5) is 55.4. The molecule has 0 bridgehead atoms. The Morgan fingerprint density at radius 2 is 1.76 bits per heavy atom. The highest BCUT2D eigenvalue weighted by molar-refractivity contribution is 6.30. The molecule has 4 aromatic rings. The van der Waals surface area contributed by atoms with E-state index in [0.29, 0.717) is 11.6 Å². The number of hydrogen-bond acceptors (Lipinski definition) is 5. The van der Waals surface area contributed by atoms with E-state index in [0.717, 1.165) is 10.1 Å². The summed E-state index contributed by atoms with van der Waals surface area (Å²) in [6.45, 7) is 1.88. The molecule has 10 nitrogen and oxygen atoms in total. The Kier molecular flexibility index (Phi) is 6.60. The molecule has 34 heavy (non-hydrogen) atoms. The molecule has 2 amide bonds. The lowest BCUT2D eigenvalue weighted by molar-refractivity contribution is -0.122. The zero-order chi connectivity index (χ0) is 24.2. The van der Waals surface area contributed by atoms with Gasteiger partial charge in [0.15, 0.2) is 11.2 Å². The Labute approximate surface area is 198 Å². The quantitative estimate of drug-likeness (QED) is 0.406. The Morgan fingerprint density at radius 3 is 2.47 bits per heavy atom. The van der Waals surface area contributed by atoms with Gasteiger partial charge in [-0.3, -0.25) is 29.8 Å². The number of hydrogen-bond donors (Lipinski definition) is 2. The number of imidazole rings is 1. The minimum Gasteiger partial charge on any atom is -0.325 e. The van der Waals surface area contributed by atoms with Crippen LogP contribution in [0.25, 0.3) is 11.2 Å². The van der Waals surface area contributed by atoms with Gasteiger partial charge in [0.1, 0.15) is 6.54 Å². The molecule has 0 atom stereocenters. The zero-order valence-electron chi connectivity index (χ0n) is 18.2. The standard InChI is InChI=1S/C23H21ClN6O4/c1-2-28-14-25-20-19(28)22(33)30(23(34)29(20)12-15-7-4-3-5-8-15)13-18(31)26-27-21(32)16-9-6-10-17(24)11-16/h3-11,14H,2,12-13H2,1H3,(H,26,31)(H,27,32). The normalized spacial score (nSPS) is 10.9. The number of benzene rings is 2. The SMILES string of the molecule is CCn1cnc2c1c(=O)n(CC(=O)NNC(=O)c1cccc(Cl)c1)c(=O)n2Cc1ccccc1. The number of halogens is 1. The first-order valence-electron chi connectivity index (χ1n) is 10.5. The molecular weight excluding hydrogens is 460 g/mol. The number of nitrogens with one attached hydrogen (secondary N) is 2. The second-order valence-corrected chi connectivity index (χ2v) is 7.90. The van der Waals surface area contributed by atoms with Gasteiger partial charge in [0.05, 0.1) is 12.9 Å². The Balaban J connectivity index is 1.64. The maximum Gasteiger partial charge on any atom is 0.333 e. The van der Waals surface area contributed by atoms with Crippen molar-refractivity contribution >= 4 is 34.6 Å². The summed E-state index contributed by atoms with van der Waals surface area (Å²) in [7, 11) is 0. The van der Waals surface area contributed by atoms with E-state index < -0.39 is 29.6 Å². The van der Waals surface area contributed by atoms with Gasteiger partial charge in [0, 0.05) is 17.1 Å². The monoisotopic (exact) mass is 480 g/mol. The van der Waals surface area contributed by atoms with Gasteiger partial charge in [-0.05, 0) is 30.7 Å². The number of aromatic nitrogens is 4. The fourth-order valence-corrected chi connectivity index (χ4v) is 3.73. The minimum absolute atomic E-state index is 0.171. The highest BCUT2D eigenvalue weighted by Gasteiger charge is 2.20. The van der Waals surface area contributed by atoms with Crippen molar-refractivity contribution in [2.75, 3.05) is 0 Å². The van der Waals surface area contributed by atoms with Crippen molar-refractivity contribution in [2.24, 2.45) is 0 Å². The lowest BCUT2D eigenvalue weighted by Gasteiger charge is -2.13. The van der Waals surface area contributed by atoms with Crippen molar-refractivity contribution in [3.8, 4) is 0 Å². The van der Waals surface area contributed by atoms with Gasteiger partial charge in [-0.2, -0.15) is 0 Å². The van der Waals surface area contributed by atoms with Gasteiger partial charge in [-0.15, -0.1) is 0 Å². The van der Waals surface area contributed by atoms with Crippen LogP contribution >= 0.6 is 11.6 Å². The van der Waals surface area contributed by atoms with E-state index in [1.807, 2.05) is 37.3 Å². The van der Waals surface area contributed by atoms with E-state index >= 15 is 0 Å². The van der Waals surface area contributed by atoms with Crippen molar-refractivity contribution in [2.45, 2.75) is 26.6 Å². The van der Waals surface area contributed by atoms with Gasteiger partial charge in [0.2, 0.25) is 0 Å². The molecule has 2 aromatic heterocycles. The van der Waals surface area contributed by atoms with Crippen LogP contribution < -0.4 is 22.1 Å². The summed E-state index contributed by atoms with van der Waals surface area (Å²) in [6, 6.07) is 15.4. The number of hydrazine groups is 1. The van der Waals surface area contributed by atoms with Crippen LogP contribution in [0.4, 0.5) is 0 Å². The molecule has 0 aliphatic heterocycles. The third kappa shape index (κ3) is 4.62. The lowest BCUT2D eigenvalue weighted by atomic mass is 10.2. The summed E-state index contributed by atoms with van der Waals surface area (Å²) in [5, 5.41) is 0.366. The van der Waals surface area contributed by atoms with Crippen LogP contribution in [0.3, 0.4) is 0 Å². The predicted octanol–water partition coefficient (Wildman–Crippen LogP) is 1.54.